The molecule has 0 aliphatic rings. The van der Waals surface area contributed by atoms with Gasteiger partial charge in [-0.1, -0.05) is 23.2 Å². The summed E-state index contributed by atoms with van der Waals surface area (Å²) in [7, 11) is 1.25. The van der Waals surface area contributed by atoms with E-state index in [9.17, 15) is 9.59 Å². The third-order valence-electron chi connectivity index (χ3n) is 3.50. The maximum atomic E-state index is 12.4. The monoisotopic (exact) mass is 426 g/mol. The highest BCUT2D eigenvalue weighted by atomic mass is 35.5. The highest BCUT2D eigenvalue weighted by Gasteiger charge is 2.26. The molecule has 0 saturated heterocycles. The van der Waals surface area contributed by atoms with Gasteiger partial charge in [-0.05, 0) is 45.0 Å². The number of hydrogen-bond donors (Lipinski definition) is 0. The van der Waals surface area contributed by atoms with Gasteiger partial charge in [0.1, 0.15) is 5.75 Å². The summed E-state index contributed by atoms with van der Waals surface area (Å²) in [5.74, 6) is -0.650. The SMILES string of the molecule is CCOC(=O)c1nn(C(C)C)c(Oc2cc(Cl)cc(Cl)c2)c1/C=C/C(=O)OC. The zero-order chi connectivity index (χ0) is 20.8. The van der Waals surface area contributed by atoms with Gasteiger partial charge in [-0.3, -0.25) is 0 Å². The molecule has 0 aliphatic carbocycles. The molecule has 150 valence electrons. The lowest BCUT2D eigenvalue weighted by atomic mass is 10.2. The molecule has 0 unspecified atom stereocenters. The number of nitrogens with zero attached hydrogens (tertiary/aromatic N) is 2. The summed E-state index contributed by atoms with van der Waals surface area (Å²) in [6.07, 6.45) is 2.56. The second kappa shape index (κ2) is 9.61. The number of aromatic nitrogens is 2. The molecule has 9 heteroatoms. The van der Waals surface area contributed by atoms with Gasteiger partial charge >= 0.3 is 11.9 Å². The van der Waals surface area contributed by atoms with Crippen molar-refractivity contribution in [1.29, 1.82) is 0 Å². The Morgan fingerprint density at radius 2 is 1.86 bits per heavy atom. The lowest BCUT2D eigenvalue weighted by Crippen LogP contribution is -2.09. The van der Waals surface area contributed by atoms with E-state index in [1.165, 1.54) is 23.9 Å². The van der Waals surface area contributed by atoms with Crippen LogP contribution in [0.1, 0.15) is 42.9 Å². The van der Waals surface area contributed by atoms with E-state index in [-0.39, 0.29) is 29.8 Å². The Labute approximate surface area is 172 Å². The number of carbonyl (C=O) groups excluding carboxylic acids is 2. The molecule has 1 heterocycles. The average Bonchev–Trinajstić information content (AvgIpc) is 2.97. The van der Waals surface area contributed by atoms with Gasteiger partial charge in [-0.25, -0.2) is 14.3 Å². The molecule has 0 saturated carbocycles. The van der Waals surface area contributed by atoms with Crippen molar-refractivity contribution in [3.63, 3.8) is 0 Å². The van der Waals surface area contributed by atoms with Gasteiger partial charge < -0.3 is 14.2 Å². The van der Waals surface area contributed by atoms with E-state index in [0.717, 1.165) is 0 Å². The van der Waals surface area contributed by atoms with Crippen molar-refractivity contribution >= 4 is 41.2 Å². The molecule has 28 heavy (non-hydrogen) atoms. The predicted molar refractivity (Wildman–Crippen MR) is 106 cm³/mol. The van der Waals surface area contributed by atoms with Gasteiger partial charge in [-0.2, -0.15) is 5.10 Å². The van der Waals surface area contributed by atoms with Gasteiger partial charge in [0.2, 0.25) is 5.88 Å². The van der Waals surface area contributed by atoms with E-state index < -0.39 is 11.9 Å². The van der Waals surface area contributed by atoms with Crippen molar-refractivity contribution < 1.29 is 23.8 Å². The molecule has 7 nitrogen and oxygen atoms in total. The minimum absolute atomic E-state index is 0.0128. The molecule has 1 aromatic heterocycles. The van der Waals surface area contributed by atoms with Crippen LogP contribution in [0.5, 0.6) is 11.6 Å². The van der Waals surface area contributed by atoms with Gasteiger partial charge in [-0.15, -0.1) is 0 Å². The maximum Gasteiger partial charge on any atom is 0.359 e. The van der Waals surface area contributed by atoms with Crippen molar-refractivity contribution in [3.8, 4) is 11.6 Å². The minimum Gasteiger partial charge on any atom is -0.466 e. The first kappa shape index (κ1) is 21.8. The maximum absolute atomic E-state index is 12.4. The Balaban J connectivity index is 2.63. The number of benzene rings is 1. The minimum atomic E-state index is -0.639. The van der Waals surface area contributed by atoms with Crippen molar-refractivity contribution in [2.45, 2.75) is 26.8 Å². The first-order chi connectivity index (χ1) is 13.3. The Morgan fingerprint density at radius 1 is 1.21 bits per heavy atom. The van der Waals surface area contributed by atoms with Crippen LogP contribution in [0.2, 0.25) is 10.0 Å². The quantitative estimate of drug-likeness (QED) is 0.461. The fourth-order valence-corrected chi connectivity index (χ4v) is 2.81. The standard InChI is InChI=1S/C19H20Cl2N2O5/c1-5-27-19(25)17-15(6-7-16(24)26-4)18(23(22-17)11(2)3)28-14-9-12(20)8-13(21)10-14/h6-11H,5H2,1-4H3/b7-6+. The zero-order valence-electron chi connectivity index (χ0n) is 15.9. The number of esters is 2. The number of carbonyl (C=O) groups is 2. The predicted octanol–water partition coefficient (Wildman–Crippen LogP) is 4.93. The molecule has 0 bridgehead atoms. The number of ether oxygens (including phenoxy) is 3. The Hall–Kier alpha value is -2.51. The smallest absolute Gasteiger partial charge is 0.359 e. The molecular formula is C19H20Cl2N2O5. The summed E-state index contributed by atoms with van der Waals surface area (Å²) >= 11 is 12.1. The van der Waals surface area contributed by atoms with Gasteiger partial charge in [0, 0.05) is 16.1 Å². The molecule has 2 rings (SSSR count). The average molecular weight is 427 g/mol. The number of rotatable bonds is 7. The molecule has 1 aromatic carbocycles. The fourth-order valence-electron chi connectivity index (χ4n) is 2.30. The van der Waals surface area contributed by atoms with Crippen LogP contribution in [0, 0.1) is 0 Å². The normalized spacial score (nSPS) is 11.1. The van der Waals surface area contributed by atoms with Crippen molar-refractivity contribution in [2.24, 2.45) is 0 Å². The van der Waals surface area contributed by atoms with Gasteiger partial charge in [0.15, 0.2) is 5.69 Å². The molecule has 0 radical (unpaired) electrons. The lowest BCUT2D eigenvalue weighted by Gasteiger charge is -2.13. The van der Waals surface area contributed by atoms with Gasteiger partial charge in [0.25, 0.3) is 0 Å². The third kappa shape index (κ3) is 5.27. The van der Waals surface area contributed by atoms with E-state index >= 15 is 0 Å². The molecule has 0 N–H and O–H groups in total. The first-order valence-electron chi connectivity index (χ1n) is 8.46. The molecule has 0 atom stereocenters. The van der Waals surface area contributed by atoms with Crippen LogP contribution in [-0.4, -0.2) is 35.4 Å². The summed E-state index contributed by atoms with van der Waals surface area (Å²) in [6, 6.07) is 4.56. The van der Waals surface area contributed by atoms with Crippen LogP contribution >= 0.6 is 23.2 Å². The fraction of sp³-hybridized carbons (Fsp3) is 0.316. The van der Waals surface area contributed by atoms with E-state index in [4.69, 9.17) is 32.7 Å². The summed E-state index contributed by atoms with van der Waals surface area (Å²) in [4.78, 5) is 23.9. The summed E-state index contributed by atoms with van der Waals surface area (Å²) in [5, 5.41) is 5.09. The lowest BCUT2D eigenvalue weighted by molar-refractivity contribution is -0.134. The highest BCUT2D eigenvalue weighted by Crippen LogP contribution is 2.34. The second-order valence-corrected chi connectivity index (χ2v) is 6.76. The molecule has 0 amide bonds. The van der Waals surface area contributed by atoms with Crippen LogP contribution in [-0.2, 0) is 14.3 Å². The zero-order valence-corrected chi connectivity index (χ0v) is 17.4. The van der Waals surface area contributed by atoms with Crippen LogP contribution in [0.25, 0.3) is 6.08 Å². The first-order valence-corrected chi connectivity index (χ1v) is 9.22. The second-order valence-electron chi connectivity index (χ2n) is 5.89. The Kier molecular flexibility index (Phi) is 7.48. The Bertz CT molecular complexity index is 886. The van der Waals surface area contributed by atoms with Crippen molar-refractivity contribution in [3.05, 3.63) is 45.6 Å². The van der Waals surface area contributed by atoms with E-state index in [1.807, 2.05) is 13.8 Å². The summed E-state index contributed by atoms with van der Waals surface area (Å²) in [6.45, 7) is 5.60. The number of hydrogen-bond acceptors (Lipinski definition) is 6. The Morgan fingerprint density at radius 3 is 2.39 bits per heavy atom. The molecular weight excluding hydrogens is 407 g/mol. The number of methoxy groups -OCH3 is 1. The largest absolute Gasteiger partial charge is 0.466 e. The molecule has 0 spiro atoms. The van der Waals surface area contributed by atoms with E-state index in [2.05, 4.69) is 9.84 Å². The highest BCUT2D eigenvalue weighted by molar-refractivity contribution is 6.34. The molecule has 0 fully saturated rings. The van der Waals surface area contributed by atoms with Gasteiger partial charge in [0.05, 0.1) is 25.3 Å². The van der Waals surface area contributed by atoms with E-state index in [0.29, 0.717) is 15.8 Å². The van der Waals surface area contributed by atoms with E-state index in [1.54, 1.807) is 25.1 Å². The molecule has 0 aliphatic heterocycles. The number of halogens is 2. The van der Waals surface area contributed by atoms with Crippen LogP contribution < -0.4 is 4.74 Å². The summed E-state index contributed by atoms with van der Waals surface area (Å²) in [5.41, 5.74) is 0.285. The summed E-state index contributed by atoms with van der Waals surface area (Å²) < 4.78 is 17.2. The third-order valence-corrected chi connectivity index (χ3v) is 3.93. The van der Waals surface area contributed by atoms with Crippen LogP contribution in [0.3, 0.4) is 0 Å². The van der Waals surface area contributed by atoms with Crippen molar-refractivity contribution in [2.75, 3.05) is 13.7 Å². The molecule has 2 aromatic rings. The van der Waals surface area contributed by atoms with Crippen LogP contribution in [0.4, 0.5) is 0 Å². The van der Waals surface area contributed by atoms with Crippen molar-refractivity contribution in [1.82, 2.24) is 9.78 Å². The topological polar surface area (TPSA) is 79.6 Å². The van der Waals surface area contributed by atoms with Crippen LogP contribution in [0.15, 0.2) is 24.3 Å².